The van der Waals surface area contributed by atoms with Gasteiger partial charge in [-0.25, -0.2) is 4.98 Å². The van der Waals surface area contributed by atoms with Crippen molar-refractivity contribution in [2.45, 2.75) is 0 Å². The van der Waals surface area contributed by atoms with Gasteiger partial charge in [-0.05, 0) is 35.7 Å². The normalized spacial score (nSPS) is 10.8. The molecule has 2 aromatic carbocycles. The van der Waals surface area contributed by atoms with Crippen molar-refractivity contribution in [3.63, 3.8) is 0 Å². The lowest BCUT2D eigenvalue weighted by Gasteiger charge is -2.19. The molecule has 4 rings (SSSR count). The molecule has 4 aromatic rings. The van der Waals surface area contributed by atoms with Crippen LogP contribution in [0, 0.1) is 0 Å². The van der Waals surface area contributed by atoms with Crippen LogP contribution in [0.2, 0.25) is 10.0 Å². The van der Waals surface area contributed by atoms with Crippen molar-refractivity contribution in [1.82, 2.24) is 9.88 Å². The molecule has 0 radical (unpaired) electrons. The number of fused-ring (bicyclic) bond motifs is 1. The third kappa shape index (κ3) is 4.56. The molecule has 0 unspecified atom stereocenters. The summed E-state index contributed by atoms with van der Waals surface area (Å²) in [7, 11) is 1.58. The Kier molecular flexibility index (Phi) is 6.23. The number of nitrogens with one attached hydrogen (secondary N) is 1. The van der Waals surface area contributed by atoms with Crippen molar-refractivity contribution in [3.8, 4) is 10.6 Å². The Hall–Kier alpha value is -2.93. The summed E-state index contributed by atoms with van der Waals surface area (Å²) in [6.07, 6.45) is 0. The first-order valence-corrected chi connectivity index (χ1v) is 11.0. The number of pyridine rings is 1. The first-order chi connectivity index (χ1) is 14.9. The highest BCUT2D eigenvalue weighted by atomic mass is 35.5. The lowest BCUT2D eigenvalue weighted by Crippen LogP contribution is -2.35. The number of rotatable bonds is 5. The van der Waals surface area contributed by atoms with Crippen LogP contribution in [0.4, 0.5) is 5.69 Å². The van der Waals surface area contributed by atoms with Crippen molar-refractivity contribution in [1.29, 1.82) is 0 Å². The van der Waals surface area contributed by atoms with Gasteiger partial charge in [-0.2, -0.15) is 0 Å². The Morgan fingerprint density at radius 2 is 1.77 bits per heavy atom. The molecule has 2 aromatic heterocycles. The third-order valence-electron chi connectivity index (χ3n) is 4.67. The minimum atomic E-state index is -0.400. The molecule has 0 aliphatic carbocycles. The second-order valence-electron chi connectivity index (χ2n) is 6.86. The Balaban J connectivity index is 1.60. The van der Waals surface area contributed by atoms with Gasteiger partial charge in [0.1, 0.15) is 0 Å². The van der Waals surface area contributed by atoms with Gasteiger partial charge in [-0.15, -0.1) is 11.3 Å². The number of hydrogen-bond acceptors (Lipinski definition) is 4. The Labute approximate surface area is 193 Å². The molecule has 0 spiro atoms. The molecule has 2 amide bonds. The monoisotopic (exact) mass is 469 g/mol. The lowest BCUT2D eigenvalue weighted by molar-refractivity contribution is -0.116. The molecular weight excluding hydrogens is 453 g/mol. The van der Waals surface area contributed by atoms with Gasteiger partial charge in [-0.1, -0.05) is 53.5 Å². The largest absolute Gasteiger partial charge is 0.332 e. The summed E-state index contributed by atoms with van der Waals surface area (Å²) in [5.74, 6) is -0.681. The highest BCUT2D eigenvalue weighted by Crippen LogP contribution is 2.30. The number of aromatic nitrogens is 1. The fraction of sp³-hybridized carbons (Fsp3) is 0.0870. The number of benzene rings is 2. The van der Waals surface area contributed by atoms with E-state index < -0.39 is 5.91 Å². The van der Waals surface area contributed by atoms with E-state index in [1.165, 1.54) is 4.90 Å². The maximum atomic E-state index is 13.3. The predicted octanol–water partition coefficient (Wildman–Crippen LogP) is 5.98. The second-order valence-corrected chi connectivity index (χ2v) is 8.62. The van der Waals surface area contributed by atoms with E-state index in [-0.39, 0.29) is 12.5 Å². The van der Waals surface area contributed by atoms with Crippen LogP contribution in [0.15, 0.2) is 66.0 Å². The SMILES string of the molecule is CN(CC(=O)Nc1c(Cl)cccc1Cl)C(=O)c1cc(-c2cccs2)nc2ccccc12. The van der Waals surface area contributed by atoms with Crippen LogP contribution in [0.3, 0.4) is 0 Å². The number of nitrogens with zero attached hydrogens (tertiary/aromatic N) is 2. The van der Waals surface area contributed by atoms with Crippen LogP contribution in [0.25, 0.3) is 21.5 Å². The standard InChI is InChI=1S/C23H17Cl2N3O2S/c1-28(13-21(29)27-22-16(24)7-4-8-17(22)25)23(30)15-12-19(20-10-5-11-31-20)26-18-9-3-2-6-14(15)18/h2-12H,13H2,1H3,(H,27,29). The van der Waals surface area contributed by atoms with Gasteiger partial charge >= 0.3 is 0 Å². The first kappa shape index (κ1) is 21.3. The molecule has 0 saturated heterocycles. The molecule has 0 fully saturated rings. The van der Waals surface area contributed by atoms with Gasteiger partial charge in [-0.3, -0.25) is 9.59 Å². The summed E-state index contributed by atoms with van der Waals surface area (Å²) in [5.41, 5.74) is 2.25. The molecule has 5 nitrogen and oxygen atoms in total. The fourth-order valence-corrected chi connectivity index (χ4v) is 4.37. The number of halogens is 2. The van der Waals surface area contributed by atoms with Crippen molar-refractivity contribution in [2.24, 2.45) is 0 Å². The number of carbonyl (C=O) groups is 2. The Morgan fingerprint density at radius 1 is 1.03 bits per heavy atom. The third-order valence-corrected chi connectivity index (χ3v) is 6.20. The van der Waals surface area contributed by atoms with Crippen LogP contribution < -0.4 is 5.32 Å². The zero-order valence-corrected chi connectivity index (χ0v) is 18.8. The van der Waals surface area contributed by atoms with Gasteiger partial charge in [0.25, 0.3) is 5.91 Å². The summed E-state index contributed by atoms with van der Waals surface area (Å²) >= 11 is 13.8. The first-order valence-electron chi connectivity index (χ1n) is 9.37. The van der Waals surface area contributed by atoms with Crippen molar-refractivity contribution < 1.29 is 9.59 Å². The van der Waals surface area contributed by atoms with Gasteiger partial charge < -0.3 is 10.2 Å². The van der Waals surface area contributed by atoms with E-state index in [0.29, 0.717) is 21.3 Å². The van der Waals surface area contributed by atoms with Crippen LogP contribution >= 0.6 is 34.5 Å². The van der Waals surface area contributed by atoms with E-state index in [9.17, 15) is 9.59 Å². The van der Waals surface area contributed by atoms with Gasteiger partial charge in [0.2, 0.25) is 5.91 Å². The Bertz CT molecular complexity index is 1260. The van der Waals surface area contributed by atoms with Crippen molar-refractivity contribution in [3.05, 3.63) is 81.7 Å². The van der Waals surface area contributed by atoms with Crippen LogP contribution in [0.1, 0.15) is 10.4 Å². The highest BCUT2D eigenvalue weighted by molar-refractivity contribution is 7.13. The molecule has 0 atom stereocenters. The number of carbonyl (C=O) groups excluding carboxylic acids is 2. The number of thiophene rings is 1. The number of likely N-dealkylation sites (N-methyl/N-ethyl adjacent to an activating group) is 1. The van der Waals surface area contributed by atoms with Gasteiger partial charge in [0, 0.05) is 12.4 Å². The molecule has 2 heterocycles. The zero-order valence-electron chi connectivity index (χ0n) is 16.4. The number of para-hydroxylation sites is 2. The van der Waals surface area contributed by atoms with Crippen LogP contribution in [0.5, 0.6) is 0 Å². The zero-order chi connectivity index (χ0) is 22.0. The molecule has 31 heavy (non-hydrogen) atoms. The smallest absolute Gasteiger partial charge is 0.254 e. The molecule has 156 valence electrons. The summed E-state index contributed by atoms with van der Waals surface area (Å²) < 4.78 is 0. The highest BCUT2D eigenvalue weighted by Gasteiger charge is 2.20. The van der Waals surface area contributed by atoms with Gasteiger partial charge in [0.15, 0.2) is 0 Å². The van der Waals surface area contributed by atoms with Crippen LogP contribution in [-0.4, -0.2) is 35.3 Å². The Morgan fingerprint density at radius 3 is 2.48 bits per heavy atom. The number of amides is 2. The maximum absolute atomic E-state index is 13.3. The molecular formula is C23H17Cl2N3O2S. The molecule has 8 heteroatoms. The average molecular weight is 470 g/mol. The van der Waals surface area contributed by atoms with E-state index in [2.05, 4.69) is 10.3 Å². The maximum Gasteiger partial charge on any atom is 0.254 e. The molecule has 0 aliphatic rings. The molecule has 0 aliphatic heterocycles. The van der Waals surface area contributed by atoms with Crippen molar-refractivity contribution in [2.75, 3.05) is 18.9 Å². The quantitative estimate of drug-likeness (QED) is 0.390. The van der Waals surface area contributed by atoms with Crippen LogP contribution in [-0.2, 0) is 4.79 Å². The van der Waals surface area contributed by atoms with Gasteiger partial charge in [0.05, 0.1) is 43.9 Å². The van der Waals surface area contributed by atoms with E-state index in [0.717, 1.165) is 21.5 Å². The fourth-order valence-electron chi connectivity index (χ4n) is 3.19. The molecule has 1 N–H and O–H groups in total. The van der Waals surface area contributed by atoms with E-state index in [4.69, 9.17) is 23.2 Å². The van der Waals surface area contributed by atoms with Crippen molar-refractivity contribution >= 4 is 62.9 Å². The molecule has 0 bridgehead atoms. The molecule has 0 saturated carbocycles. The topological polar surface area (TPSA) is 62.3 Å². The number of hydrogen-bond donors (Lipinski definition) is 1. The minimum Gasteiger partial charge on any atom is -0.332 e. The predicted molar refractivity (Wildman–Crippen MR) is 127 cm³/mol. The minimum absolute atomic E-state index is 0.161. The lowest BCUT2D eigenvalue weighted by atomic mass is 10.1. The average Bonchev–Trinajstić information content (AvgIpc) is 3.30. The van der Waals surface area contributed by atoms with E-state index in [1.807, 2.05) is 41.8 Å². The number of anilines is 1. The second kappa shape index (κ2) is 9.06. The van der Waals surface area contributed by atoms with E-state index >= 15 is 0 Å². The summed E-state index contributed by atoms with van der Waals surface area (Å²) in [6.45, 7) is -0.161. The van der Waals surface area contributed by atoms with E-state index in [1.54, 1.807) is 42.6 Å². The summed E-state index contributed by atoms with van der Waals surface area (Å²) in [5, 5.41) is 6.03. The summed E-state index contributed by atoms with van der Waals surface area (Å²) in [6, 6.07) is 18.1. The summed E-state index contributed by atoms with van der Waals surface area (Å²) in [4.78, 5) is 32.8.